The van der Waals surface area contributed by atoms with E-state index in [2.05, 4.69) is 10.0 Å². The molecule has 0 aliphatic carbocycles. The first kappa shape index (κ1) is 13.3. The minimum atomic E-state index is -3.43. The van der Waals surface area contributed by atoms with E-state index in [1.807, 2.05) is 0 Å². The zero-order chi connectivity index (χ0) is 13.0. The average Bonchev–Trinajstić information content (AvgIpc) is 2.90. The Morgan fingerprint density at radius 2 is 2.06 bits per heavy atom. The standard InChI is InChI=1S/C12H18N2O3S/c1-13-10-4-6-12(7-5-10)18(15,16)14-9-11-3-2-8-17-11/h4-7,11,13-14H,2-3,8-9H2,1H3. The van der Waals surface area contributed by atoms with Crippen LogP contribution in [0, 0.1) is 0 Å². The molecule has 2 rings (SSSR count). The average molecular weight is 270 g/mol. The first-order valence-corrected chi connectivity index (χ1v) is 7.49. The highest BCUT2D eigenvalue weighted by atomic mass is 32.2. The summed E-state index contributed by atoms with van der Waals surface area (Å²) < 4.78 is 32.0. The number of anilines is 1. The van der Waals surface area contributed by atoms with Crippen molar-refractivity contribution in [2.24, 2.45) is 0 Å². The van der Waals surface area contributed by atoms with Gasteiger partial charge in [-0.1, -0.05) is 0 Å². The molecule has 0 spiro atoms. The van der Waals surface area contributed by atoms with E-state index in [9.17, 15) is 8.42 Å². The fourth-order valence-corrected chi connectivity index (χ4v) is 2.96. The van der Waals surface area contributed by atoms with Crippen LogP contribution in [-0.4, -0.2) is 34.7 Å². The normalized spacial score (nSPS) is 19.9. The molecule has 1 fully saturated rings. The molecule has 0 aromatic heterocycles. The molecule has 1 aliphatic rings. The molecular weight excluding hydrogens is 252 g/mol. The quantitative estimate of drug-likeness (QED) is 0.843. The second kappa shape index (κ2) is 5.69. The lowest BCUT2D eigenvalue weighted by Crippen LogP contribution is -2.31. The van der Waals surface area contributed by atoms with Gasteiger partial charge in [0.2, 0.25) is 10.0 Å². The van der Waals surface area contributed by atoms with Crippen LogP contribution in [0.25, 0.3) is 0 Å². The summed E-state index contributed by atoms with van der Waals surface area (Å²) >= 11 is 0. The highest BCUT2D eigenvalue weighted by Crippen LogP contribution is 2.15. The van der Waals surface area contributed by atoms with Crippen molar-refractivity contribution in [1.29, 1.82) is 0 Å². The highest BCUT2D eigenvalue weighted by molar-refractivity contribution is 7.89. The molecule has 1 aromatic rings. The minimum Gasteiger partial charge on any atom is -0.388 e. The topological polar surface area (TPSA) is 67.4 Å². The van der Waals surface area contributed by atoms with Crippen LogP contribution < -0.4 is 10.0 Å². The Morgan fingerprint density at radius 3 is 2.61 bits per heavy atom. The summed E-state index contributed by atoms with van der Waals surface area (Å²) in [5, 5.41) is 2.95. The Balaban J connectivity index is 2.00. The van der Waals surface area contributed by atoms with Crippen LogP contribution in [0.2, 0.25) is 0 Å². The zero-order valence-corrected chi connectivity index (χ0v) is 11.2. The zero-order valence-electron chi connectivity index (χ0n) is 10.3. The molecule has 1 heterocycles. The van der Waals surface area contributed by atoms with E-state index >= 15 is 0 Å². The third-order valence-corrected chi connectivity index (χ3v) is 4.42. The Hall–Kier alpha value is -1.11. The minimum absolute atomic E-state index is 0.0105. The Bertz CT molecular complexity index is 479. The molecule has 1 atom stereocenters. The molecule has 1 unspecified atom stereocenters. The largest absolute Gasteiger partial charge is 0.388 e. The molecule has 6 heteroatoms. The van der Waals surface area contributed by atoms with Crippen LogP contribution in [0.15, 0.2) is 29.2 Å². The van der Waals surface area contributed by atoms with Gasteiger partial charge in [-0.25, -0.2) is 13.1 Å². The molecule has 0 amide bonds. The van der Waals surface area contributed by atoms with Crippen LogP contribution in [-0.2, 0) is 14.8 Å². The molecule has 0 bridgehead atoms. The Kier molecular flexibility index (Phi) is 4.21. The van der Waals surface area contributed by atoms with Crippen molar-refractivity contribution in [1.82, 2.24) is 4.72 Å². The van der Waals surface area contributed by atoms with Gasteiger partial charge in [0.15, 0.2) is 0 Å². The molecule has 0 saturated carbocycles. The Labute approximate surface area is 108 Å². The van der Waals surface area contributed by atoms with Crippen molar-refractivity contribution >= 4 is 15.7 Å². The van der Waals surface area contributed by atoms with Crippen molar-refractivity contribution in [3.63, 3.8) is 0 Å². The van der Waals surface area contributed by atoms with Gasteiger partial charge in [-0.05, 0) is 37.1 Å². The smallest absolute Gasteiger partial charge is 0.240 e. The first-order chi connectivity index (χ1) is 8.62. The molecule has 1 aliphatic heterocycles. The number of hydrogen-bond donors (Lipinski definition) is 2. The summed E-state index contributed by atoms with van der Waals surface area (Å²) in [4.78, 5) is 0.277. The predicted molar refractivity (Wildman–Crippen MR) is 70.2 cm³/mol. The van der Waals surface area contributed by atoms with Crippen molar-refractivity contribution in [2.45, 2.75) is 23.8 Å². The number of benzene rings is 1. The van der Waals surface area contributed by atoms with E-state index < -0.39 is 10.0 Å². The van der Waals surface area contributed by atoms with Crippen LogP contribution in [0.4, 0.5) is 5.69 Å². The number of sulfonamides is 1. The van der Waals surface area contributed by atoms with Crippen molar-refractivity contribution in [3.8, 4) is 0 Å². The van der Waals surface area contributed by atoms with Crippen molar-refractivity contribution < 1.29 is 13.2 Å². The highest BCUT2D eigenvalue weighted by Gasteiger charge is 2.19. The summed E-state index contributed by atoms with van der Waals surface area (Å²) in [6, 6.07) is 6.65. The predicted octanol–water partition coefficient (Wildman–Crippen LogP) is 1.19. The molecule has 1 saturated heterocycles. The maximum atomic E-state index is 12.0. The van der Waals surface area contributed by atoms with Gasteiger partial charge in [0.1, 0.15) is 0 Å². The maximum absolute atomic E-state index is 12.0. The lowest BCUT2D eigenvalue weighted by atomic mass is 10.2. The molecule has 100 valence electrons. The van der Waals surface area contributed by atoms with Crippen molar-refractivity contribution in [2.75, 3.05) is 25.5 Å². The molecule has 1 aromatic carbocycles. The summed E-state index contributed by atoms with van der Waals surface area (Å²) in [6.45, 7) is 1.07. The van der Waals surface area contributed by atoms with E-state index in [0.29, 0.717) is 6.54 Å². The summed E-state index contributed by atoms with van der Waals surface area (Å²) in [7, 11) is -1.64. The molecule has 2 N–H and O–H groups in total. The van der Waals surface area contributed by atoms with Gasteiger partial charge in [-0.3, -0.25) is 0 Å². The van der Waals surface area contributed by atoms with Gasteiger partial charge in [-0.15, -0.1) is 0 Å². The van der Waals surface area contributed by atoms with E-state index in [-0.39, 0.29) is 11.0 Å². The van der Waals surface area contributed by atoms with E-state index in [0.717, 1.165) is 25.1 Å². The summed E-state index contributed by atoms with van der Waals surface area (Å²) in [5.74, 6) is 0. The fraction of sp³-hybridized carbons (Fsp3) is 0.500. The number of rotatable bonds is 5. The van der Waals surface area contributed by atoms with Crippen LogP contribution in [0.5, 0.6) is 0 Å². The van der Waals surface area contributed by atoms with Crippen LogP contribution in [0.3, 0.4) is 0 Å². The molecule has 5 nitrogen and oxygen atoms in total. The number of hydrogen-bond acceptors (Lipinski definition) is 4. The van der Waals surface area contributed by atoms with E-state index in [4.69, 9.17) is 4.74 Å². The number of ether oxygens (including phenoxy) is 1. The van der Waals surface area contributed by atoms with Crippen LogP contribution >= 0.6 is 0 Å². The summed E-state index contributed by atoms with van der Waals surface area (Å²) in [5.41, 5.74) is 0.882. The molecule has 0 radical (unpaired) electrons. The first-order valence-electron chi connectivity index (χ1n) is 6.01. The summed E-state index contributed by atoms with van der Waals surface area (Å²) in [6.07, 6.45) is 1.93. The number of nitrogens with one attached hydrogen (secondary N) is 2. The van der Waals surface area contributed by atoms with Gasteiger partial charge < -0.3 is 10.1 Å². The van der Waals surface area contributed by atoms with Crippen molar-refractivity contribution in [3.05, 3.63) is 24.3 Å². The van der Waals surface area contributed by atoms with Gasteiger partial charge in [0.25, 0.3) is 0 Å². The van der Waals surface area contributed by atoms with Gasteiger partial charge in [-0.2, -0.15) is 0 Å². The second-order valence-corrected chi connectivity index (χ2v) is 6.03. The molecular formula is C12H18N2O3S. The van der Waals surface area contributed by atoms with E-state index in [1.165, 1.54) is 0 Å². The maximum Gasteiger partial charge on any atom is 0.240 e. The molecule has 18 heavy (non-hydrogen) atoms. The second-order valence-electron chi connectivity index (χ2n) is 4.26. The van der Waals surface area contributed by atoms with Gasteiger partial charge in [0.05, 0.1) is 11.0 Å². The van der Waals surface area contributed by atoms with Crippen LogP contribution in [0.1, 0.15) is 12.8 Å². The third-order valence-electron chi connectivity index (χ3n) is 2.98. The Morgan fingerprint density at radius 1 is 1.33 bits per heavy atom. The van der Waals surface area contributed by atoms with E-state index in [1.54, 1.807) is 31.3 Å². The van der Waals surface area contributed by atoms with Gasteiger partial charge >= 0.3 is 0 Å². The lowest BCUT2D eigenvalue weighted by molar-refractivity contribution is 0.114. The SMILES string of the molecule is CNc1ccc(S(=O)(=O)NCC2CCCO2)cc1. The monoisotopic (exact) mass is 270 g/mol. The lowest BCUT2D eigenvalue weighted by Gasteiger charge is -2.11. The third kappa shape index (κ3) is 3.22. The fourth-order valence-electron chi connectivity index (χ4n) is 1.89. The van der Waals surface area contributed by atoms with Gasteiger partial charge in [0, 0.05) is 25.9 Å².